The van der Waals surface area contributed by atoms with Crippen molar-refractivity contribution < 1.29 is 9.84 Å². The van der Waals surface area contributed by atoms with Crippen LogP contribution in [0, 0.1) is 10.5 Å². The van der Waals surface area contributed by atoms with Crippen LogP contribution >= 0.6 is 22.6 Å². The van der Waals surface area contributed by atoms with Gasteiger partial charge in [0.2, 0.25) is 0 Å². The molecule has 0 spiro atoms. The van der Waals surface area contributed by atoms with Crippen molar-refractivity contribution >= 4 is 33.5 Å². The molecule has 1 aliphatic rings. The van der Waals surface area contributed by atoms with E-state index in [9.17, 15) is 5.11 Å². The molecule has 0 fully saturated rings. The smallest absolute Gasteiger partial charge is 0.191 e. The largest absolute Gasteiger partial charge is 0.507 e. The number of halogens is 1. The second-order valence-electron chi connectivity index (χ2n) is 8.18. The Morgan fingerprint density at radius 3 is 2.44 bits per heavy atom. The molecular formula is C28H20INO2. The van der Waals surface area contributed by atoms with Crippen LogP contribution in [0.25, 0.3) is 22.2 Å². The number of benzene rings is 4. The fraction of sp³-hybridized carbons (Fsp3) is 0.0714. The highest BCUT2D eigenvalue weighted by molar-refractivity contribution is 14.1. The molecule has 5 aromatic rings. The van der Waals surface area contributed by atoms with Gasteiger partial charge in [-0.1, -0.05) is 54.6 Å². The average Bonchev–Trinajstić information content (AvgIpc) is 3.20. The van der Waals surface area contributed by atoms with Crippen molar-refractivity contribution in [3.63, 3.8) is 0 Å². The molecule has 1 unspecified atom stereocenters. The summed E-state index contributed by atoms with van der Waals surface area (Å²) in [6, 6.07) is 30.3. The Kier molecular flexibility index (Phi) is 4.33. The van der Waals surface area contributed by atoms with Crippen LogP contribution in [-0.2, 0) is 5.60 Å². The van der Waals surface area contributed by atoms with E-state index in [-0.39, 0.29) is 5.75 Å². The number of fused-ring (bicyclic) bond motifs is 5. The number of H-pyrrole nitrogens is 1. The van der Waals surface area contributed by atoms with Crippen molar-refractivity contribution in [1.82, 2.24) is 4.98 Å². The Morgan fingerprint density at radius 1 is 0.844 bits per heavy atom. The summed E-state index contributed by atoms with van der Waals surface area (Å²) in [5.74, 6) is 0.994. The van der Waals surface area contributed by atoms with Gasteiger partial charge in [-0.05, 0) is 71.5 Å². The number of nitrogens with one attached hydrogen (secondary N) is 1. The molecule has 6 rings (SSSR count). The van der Waals surface area contributed by atoms with Gasteiger partial charge in [-0.2, -0.15) is 0 Å². The second-order valence-corrected chi connectivity index (χ2v) is 9.42. The van der Waals surface area contributed by atoms with Crippen LogP contribution in [-0.4, -0.2) is 10.1 Å². The lowest BCUT2D eigenvalue weighted by Crippen LogP contribution is -2.39. The number of aromatic amines is 1. The number of rotatable bonds is 2. The van der Waals surface area contributed by atoms with E-state index in [1.807, 2.05) is 48.5 Å². The van der Waals surface area contributed by atoms with Gasteiger partial charge in [-0.25, -0.2) is 0 Å². The Morgan fingerprint density at radius 2 is 1.59 bits per heavy atom. The number of phenols is 1. The third-order valence-corrected chi connectivity index (χ3v) is 7.00. The number of ether oxygens (including phenoxy) is 1. The highest BCUT2D eigenvalue weighted by atomic mass is 127. The Bertz CT molecular complexity index is 1500. The summed E-state index contributed by atoms with van der Waals surface area (Å²) in [7, 11) is 0. The zero-order chi connectivity index (χ0) is 21.9. The minimum Gasteiger partial charge on any atom is -0.507 e. The first kappa shape index (κ1) is 19.4. The standard InChI is InChI=1S/C28H20INO2/c1-17-16-18(29)14-15-21(17)28(22-10-4-6-12-24(22)31)26-19-8-2-5-11-23(19)30-27(26)20-9-3-7-13-25(20)32-28/h2-16,30-31H,1H3. The Labute approximate surface area is 199 Å². The van der Waals surface area contributed by atoms with Gasteiger partial charge < -0.3 is 14.8 Å². The van der Waals surface area contributed by atoms with Crippen LogP contribution in [0.4, 0.5) is 0 Å². The van der Waals surface area contributed by atoms with Crippen LogP contribution in [0.2, 0.25) is 0 Å². The fourth-order valence-corrected chi connectivity index (χ4v) is 5.65. The Hall–Kier alpha value is -3.25. The minimum atomic E-state index is -1.01. The van der Waals surface area contributed by atoms with Crippen LogP contribution in [0.1, 0.15) is 22.3 Å². The van der Waals surface area contributed by atoms with Gasteiger partial charge in [0, 0.05) is 36.7 Å². The number of aromatic nitrogens is 1. The van der Waals surface area contributed by atoms with E-state index in [0.717, 1.165) is 53.7 Å². The predicted molar refractivity (Wildman–Crippen MR) is 136 cm³/mol. The van der Waals surface area contributed by atoms with Gasteiger partial charge in [0.05, 0.1) is 5.69 Å². The zero-order valence-corrected chi connectivity index (χ0v) is 19.6. The molecule has 0 bridgehead atoms. The van der Waals surface area contributed by atoms with Gasteiger partial charge in [-0.3, -0.25) is 0 Å². The zero-order valence-electron chi connectivity index (χ0n) is 17.4. The summed E-state index contributed by atoms with van der Waals surface area (Å²) in [6.07, 6.45) is 0. The summed E-state index contributed by atoms with van der Waals surface area (Å²) < 4.78 is 8.16. The maximum Gasteiger partial charge on any atom is 0.191 e. The molecule has 156 valence electrons. The number of aromatic hydroxyl groups is 1. The molecule has 4 aromatic carbocycles. The van der Waals surface area contributed by atoms with Crippen molar-refractivity contribution in [1.29, 1.82) is 0 Å². The molecule has 32 heavy (non-hydrogen) atoms. The lowest BCUT2D eigenvalue weighted by molar-refractivity contribution is 0.149. The quantitative estimate of drug-likeness (QED) is 0.239. The average molecular weight is 529 g/mol. The molecular weight excluding hydrogens is 509 g/mol. The van der Waals surface area contributed by atoms with Crippen molar-refractivity contribution in [3.05, 3.63) is 117 Å². The maximum absolute atomic E-state index is 11.1. The molecule has 0 saturated carbocycles. The topological polar surface area (TPSA) is 45.2 Å². The third kappa shape index (κ3) is 2.65. The van der Waals surface area contributed by atoms with E-state index in [2.05, 4.69) is 70.9 Å². The van der Waals surface area contributed by atoms with Crippen LogP contribution in [0.3, 0.4) is 0 Å². The normalized spacial score (nSPS) is 16.9. The first-order chi connectivity index (χ1) is 15.6. The molecule has 3 nitrogen and oxygen atoms in total. The van der Waals surface area contributed by atoms with E-state index in [1.165, 1.54) is 0 Å². The molecule has 1 atom stereocenters. The molecule has 2 N–H and O–H groups in total. The van der Waals surface area contributed by atoms with E-state index in [1.54, 1.807) is 6.07 Å². The van der Waals surface area contributed by atoms with Crippen molar-refractivity contribution in [2.45, 2.75) is 12.5 Å². The van der Waals surface area contributed by atoms with Gasteiger partial charge in [0.25, 0.3) is 0 Å². The SMILES string of the molecule is Cc1cc(I)ccc1C1(c2ccccc2O)Oc2ccccc2-c2[nH]c3ccccc3c21. The summed E-state index contributed by atoms with van der Waals surface area (Å²) in [6.45, 7) is 2.11. The Balaban J connectivity index is 1.84. The van der Waals surface area contributed by atoms with Crippen molar-refractivity contribution in [2.75, 3.05) is 0 Å². The van der Waals surface area contributed by atoms with Crippen LogP contribution < -0.4 is 4.74 Å². The monoisotopic (exact) mass is 529 g/mol. The van der Waals surface area contributed by atoms with E-state index >= 15 is 0 Å². The maximum atomic E-state index is 11.1. The first-order valence-electron chi connectivity index (χ1n) is 10.5. The van der Waals surface area contributed by atoms with Crippen molar-refractivity contribution in [3.8, 4) is 22.8 Å². The highest BCUT2D eigenvalue weighted by Gasteiger charge is 2.48. The molecule has 4 heteroatoms. The lowest BCUT2D eigenvalue weighted by Gasteiger charge is -2.41. The summed E-state index contributed by atoms with van der Waals surface area (Å²) >= 11 is 2.34. The molecule has 1 aromatic heterocycles. The fourth-order valence-electron chi connectivity index (χ4n) is 5.01. The lowest BCUT2D eigenvalue weighted by atomic mass is 9.74. The van der Waals surface area contributed by atoms with Gasteiger partial charge in [-0.15, -0.1) is 0 Å². The number of aryl methyl sites for hydroxylation is 1. The van der Waals surface area contributed by atoms with Gasteiger partial charge in [0.1, 0.15) is 11.5 Å². The molecule has 0 aliphatic carbocycles. The third-order valence-electron chi connectivity index (χ3n) is 6.33. The summed E-state index contributed by atoms with van der Waals surface area (Å²) in [4.78, 5) is 3.65. The van der Waals surface area contributed by atoms with Crippen LogP contribution in [0.5, 0.6) is 11.5 Å². The molecule has 0 amide bonds. The molecule has 0 radical (unpaired) electrons. The molecule has 2 heterocycles. The van der Waals surface area contributed by atoms with Crippen LogP contribution in [0.15, 0.2) is 91.0 Å². The number of para-hydroxylation sites is 3. The number of hydrogen-bond acceptors (Lipinski definition) is 2. The van der Waals surface area contributed by atoms with E-state index in [4.69, 9.17) is 4.74 Å². The highest BCUT2D eigenvalue weighted by Crippen LogP contribution is 2.55. The summed E-state index contributed by atoms with van der Waals surface area (Å²) in [5, 5.41) is 12.2. The van der Waals surface area contributed by atoms with Crippen molar-refractivity contribution in [2.24, 2.45) is 0 Å². The number of phenolic OH excluding ortho intramolecular Hbond substituents is 1. The number of hydrogen-bond donors (Lipinski definition) is 2. The minimum absolute atomic E-state index is 0.209. The molecule has 1 aliphatic heterocycles. The second kappa shape index (κ2) is 7.14. The van der Waals surface area contributed by atoms with Gasteiger partial charge >= 0.3 is 0 Å². The van der Waals surface area contributed by atoms with E-state index < -0.39 is 5.60 Å². The molecule has 0 saturated heterocycles. The summed E-state index contributed by atoms with van der Waals surface area (Å²) in [5.41, 5.74) is 5.95. The first-order valence-corrected chi connectivity index (χ1v) is 11.6. The van der Waals surface area contributed by atoms with Gasteiger partial charge in [0.15, 0.2) is 5.60 Å². The predicted octanol–water partition coefficient (Wildman–Crippen LogP) is 7.14. The van der Waals surface area contributed by atoms with E-state index in [0.29, 0.717) is 0 Å².